The van der Waals surface area contributed by atoms with E-state index in [1.807, 2.05) is 13.8 Å². The molecule has 0 saturated carbocycles. The van der Waals surface area contributed by atoms with Gasteiger partial charge in [0.05, 0.1) is 6.54 Å². The third-order valence-corrected chi connectivity index (χ3v) is 2.26. The molecule has 0 atom stereocenters. The van der Waals surface area contributed by atoms with Crippen molar-refractivity contribution in [2.24, 2.45) is 0 Å². The summed E-state index contributed by atoms with van der Waals surface area (Å²) in [6, 6.07) is 2.95. The monoisotopic (exact) mass is 267 g/mol. The van der Waals surface area contributed by atoms with Crippen molar-refractivity contribution in [3.63, 3.8) is 0 Å². The molecule has 0 aliphatic carbocycles. The number of aromatic carboxylic acids is 1. The Morgan fingerprint density at radius 3 is 2.58 bits per heavy atom. The number of hydrogen-bond donors (Lipinski definition) is 3. The molecule has 0 saturated heterocycles. The van der Waals surface area contributed by atoms with E-state index < -0.39 is 11.9 Å². The Balaban J connectivity index is 2.45. The minimum atomic E-state index is -1.10. The highest BCUT2D eigenvalue weighted by Crippen LogP contribution is 2.01. The van der Waals surface area contributed by atoms with Crippen molar-refractivity contribution in [3.05, 3.63) is 24.0 Å². The number of aromatic nitrogens is 1. The third-order valence-electron chi connectivity index (χ3n) is 2.26. The zero-order chi connectivity index (χ0) is 14.4. The van der Waals surface area contributed by atoms with E-state index in [1.54, 1.807) is 6.07 Å². The molecule has 0 aliphatic rings. The van der Waals surface area contributed by atoms with Crippen LogP contribution < -0.4 is 10.6 Å². The van der Waals surface area contributed by atoms with E-state index in [0.717, 1.165) is 0 Å². The van der Waals surface area contributed by atoms with Gasteiger partial charge >= 0.3 is 5.97 Å². The van der Waals surface area contributed by atoms with Crippen molar-refractivity contribution in [2.45, 2.75) is 26.4 Å². The highest BCUT2D eigenvalue weighted by atomic mass is 16.4. The van der Waals surface area contributed by atoms with Crippen molar-refractivity contribution in [1.82, 2.24) is 15.2 Å². The van der Waals surface area contributed by atoms with Gasteiger partial charge in [0.25, 0.3) is 0 Å². The fourth-order valence-corrected chi connectivity index (χ4v) is 1.51. The van der Waals surface area contributed by atoms with Crippen molar-refractivity contribution >= 4 is 17.8 Å². The zero-order valence-corrected chi connectivity index (χ0v) is 10.8. The van der Waals surface area contributed by atoms with Gasteiger partial charge < -0.3 is 20.3 Å². The molecule has 1 heterocycles. The summed E-state index contributed by atoms with van der Waals surface area (Å²) in [5.41, 5.74) is 0.0294. The lowest BCUT2D eigenvalue weighted by Gasteiger charge is -2.10. The molecule has 2 amide bonds. The molecular formula is C12H17N3O4. The van der Waals surface area contributed by atoms with E-state index in [1.165, 1.54) is 16.8 Å². The van der Waals surface area contributed by atoms with Crippen LogP contribution in [0, 0.1) is 0 Å². The fraction of sp³-hybridized carbons (Fsp3) is 0.417. The standard InChI is InChI=1S/C12H17N3O4/c1-8(2)14-10(16)6-13-11(17)7-15-5-3-4-9(15)12(18)19/h3-5,8H,6-7H2,1-2H3,(H,13,17)(H,14,16)(H,18,19). The van der Waals surface area contributed by atoms with Gasteiger partial charge in [-0.1, -0.05) is 0 Å². The minimum Gasteiger partial charge on any atom is -0.477 e. The Hall–Kier alpha value is -2.31. The Morgan fingerprint density at radius 1 is 1.32 bits per heavy atom. The minimum absolute atomic E-state index is 0.00691. The molecule has 1 rings (SSSR count). The summed E-state index contributed by atoms with van der Waals surface area (Å²) in [6.07, 6.45) is 1.50. The quantitative estimate of drug-likeness (QED) is 0.666. The molecule has 7 nitrogen and oxygen atoms in total. The molecule has 19 heavy (non-hydrogen) atoms. The molecule has 0 spiro atoms. The van der Waals surface area contributed by atoms with Gasteiger partial charge in [-0.05, 0) is 26.0 Å². The largest absolute Gasteiger partial charge is 0.477 e. The fourth-order valence-electron chi connectivity index (χ4n) is 1.51. The number of hydrogen-bond acceptors (Lipinski definition) is 3. The molecule has 1 aromatic rings. The van der Waals surface area contributed by atoms with Crippen LogP contribution in [0.1, 0.15) is 24.3 Å². The molecule has 0 bridgehead atoms. The molecule has 0 radical (unpaired) electrons. The number of amides is 2. The zero-order valence-electron chi connectivity index (χ0n) is 10.8. The lowest BCUT2D eigenvalue weighted by molar-refractivity contribution is -0.126. The van der Waals surface area contributed by atoms with Crippen LogP contribution >= 0.6 is 0 Å². The third kappa shape index (κ3) is 4.82. The van der Waals surface area contributed by atoms with Gasteiger partial charge in [-0.25, -0.2) is 4.79 Å². The van der Waals surface area contributed by atoms with E-state index in [4.69, 9.17) is 5.11 Å². The maximum absolute atomic E-state index is 11.6. The average Bonchev–Trinajstić information content (AvgIpc) is 2.73. The Kier molecular flexibility index (Phi) is 5.11. The number of rotatable bonds is 6. The van der Waals surface area contributed by atoms with E-state index in [0.29, 0.717) is 0 Å². The number of carboxylic acid groups (broad SMARTS) is 1. The summed E-state index contributed by atoms with van der Waals surface area (Å²) >= 11 is 0. The smallest absolute Gasteiger partial charge is 0.352 e. The molecule has 104 valence electrons. The summed E-state index contributed by atoms with van der Waals surface area (Å²) in [5.74, 6) is -1.80. The van der Waals surface area contributed by atoms with Crippen molar-refractivity contribution in [3.8, 4) is 0 Å². The second kappa shape index (κ2) is 6.58. The Morgan fingerprint density at radius 2 is 2.00 bits per heavy atom. The highest BCUT2D eigenvalue weighted by molar-refractivity contribution is 5.88. The summed E-state index contributed by atoms with van der Waals surface area (Å²) in [4.78, 5) is 33.7. The summed E-state index contributed by atoms with van der Waals surface area (Å²) in [6.45, 7) is 3.38. The molecule has 0 aliphatic heterocycles. The molecule has 0 aromatic carbocycles. The molecule has 1 aromatic heterocycles. The van der Waals surface area contributed by atoms with Gasteiger partial charge in [0.15, 0.2) is 0 Å². The van der Waals surface area contributed by atoms with E-state index >= 15 is 0 Å². The van der Waals surface area contributed by atoms with Crippen LogP contribution in [0.4, 0.5) is 0 Å². The van der Waals surface area contributed by atoms with Crippen molar-refractivity contribution in [2.75, 3.05) is 6.54 Å². The number of carbonyl (C=O) groups is 3. The van der Waals surface area contributed by atoms with Crippen molar-refractivity contribution in [1.29, 1.82) is 0 Å². The van der Waals surface area contributed by atoms with Crippen LogP contribution in [0.5, 0.6) is 0 Å². The first-order valence-electron chi connectivity index (χ1n) is 5.84. The number of carbonyl (C=O) groups excluding carboxylic acids is 2. The van der Waals surface area contributed by atoms with Crippen LogP contribution in [0.25, 0.3) is 0 Å². The van der Waals surface area contributed by atoms with Crippen LogP contribution in [-0.2, 0) is 16.1 Å². The lowest BCUT2D eigenvalue weighted by atomic mass is 10.4. The van der Waals surface area contributed by atoms with Crippen LogP contribution in [0.2, 0.25) is 0 Å². The number of nitrogens with zero attached hydrogens (tertiary/aromatic N) is 1. The normalized spacial score (nSPS) is 10.3. The summed E-state index contributed by atoms with van der Waals surface area (Å²) in [5, 5.41) is 13.9. The molecule has 0 fully saturated rings. The average molecular weight is 267 g/mol. The van der Waals surface area contributed by atoms with Gasteiger partial charge in [-0.3, -0.25) is 9.59 Å². The van der Waals surface area contributed by atoms with Crippen molar-refractivity contribution < 1.29 is 19.5 Å². The maximum Gasteiger partial charge on any atom is 0.352 e. The lowest BCUT2D eigenvalue weighted by Crippen LogP contribution is -2.40. The van der Waals surface area contributed by atoms with Crippen LogP contribution in [0.15, 0.2) is 18.3 Å². The Labute approximate surface area is 110 Å². The first-order chi connectivity index (χ1) is 8.90. The van der Waals surface area contributed by atoms with Gasteiger partial charge in [-0.2, -0.15) is 0 Å². The second-order valence-electron chi connectivity index (χ2n) is 4.33. The molecule has 3 N–H and O–H groups in total. The first kappa shape index (κ1) is 14.7. The first-order valence-corrected chi connectivity index (χ1v) is 5.84. The second-order valence-corrected chi connectivity index (χ2v) is 4.33. The van der Waals surface area contributed by atoms with Gasteiger partial charge in [0.2, 0.25) is 11.8 Å². The Bertz CT molecular complexity index is 479. The predicted octanol–water partition coefficient (Wildman–Crippen LogP) is -0.173. The molecule has 0 unspecified atom stereocenters. The maximum atomic E-state index is 11.6. The predicted molar refractivity (Wildman–Crippen MR) is 67.7 cm³/mol. The van der Waals surface area contributed by atoms with Gasteiger partial charge in [0.1, 0.15) is 12.2 Å². The van der Waals surface area contributed by atoms with Gasteiger partial charge in [-0.15, -0.1) is 0 Å². The van der Waals surface area contributed by atoms with Crippen LogP contribution in [0.3, 0.4) is 0 Å². The topological polar surface area (TPSA) is 100 Å². The highest BCUT2D eigenvalue weighted by Gasteiger charge is 2.12. The summed E-state index contributed by atoms with van der Waals surface area (Å²) < 4.78 is 1.30. The van der Waals surface area contributed by atoms with Gasteiger partial charge in [0, 0.05) is 12.2 Å². The van der Waals surface area contributed by atoms with E-state index in [9.17, 15) is 14.4 Å². The van der Waals surface area contributed by atoms with Crippen LogP contribution in [-0.4, -0.2) is 40.0 Å². The SMILES string of the molecule is CC(C)NC(=O)CNC(=O)Cn1cccc1C(=O)O. The summed E-state index contributed by atoms with van der Waals surface area (Å²) in [7, 11) is 0. The molecule has 7 heteroatoms. The van der Waals surface area contributed by atoms with E-state index in [2.05, 4.69) is 10.6 Å². The number of carboxylic acids is 1. The van der Waals surface area contributed by atoms with E-state index in [-0.39, 0.29) is 30.7 Å². The number of nitrogens with one attached hydrogen (secondary N) is 2. The molecular weight excluding hydrogens is 250 g/mol.